The Morgan fingerprint density at radius 2 is 1.53 bits per heavy atom. The summed E-state index contributed by atoms with van der Waals surface area (Å²) in [5.41, 5.74) is -3.02. The zero-order chi connectivity index (χ0) is 24.4. The molecule has 0 amide bonds. The van der Waals surface area contributed by atoms with Crippen LogP contribution in [0.5, 0.6) is 0 Å². The van der Waals surface area contributed by atoms with Gasteiger partial charge in [-0.25, -0.2) is 4.39 Å². The summed E-state index contributed by atoms with van der Waals surface area (Å²) in [5, 5.41) is 0.0961. The summed E-state index contributed by atoms with van der Waals surface area (Å²) in [5.74, 6) is -4.96. The van der Waals surface area contributed by atoms with E-state index in [1.165, 1.54) is 12.2 Å². The van der Waals surface area contributed by atoms with Gasteiger partial charge in [0, 0.05) is 11.1 Å². The maximum atomic E-state index is 14.8. The minimum Gasteiger partial charge on any atom is -0.294 e. The number of halogens is 8. The largest absolute Gasteiger partial charge is 0.417 e. The van der Waals surface area contributed by atoms with Crippen molar-refractivity contribution < 1.29 is 35.5 Å². The number of carbonyl (C=O) groups excluding carboxylic acids is 1. The Balaban J connectivity index is 2.68. The summed E-state index contributed by atoms with van der Waals surface area (Å²) in [6.07, 6.45) is -7.39. The fraction of sp³-hybridized carbons (Fsp3) is 0.174. The van der Waals surface area contributed by atoms with Crippen LogP contribution < -0.4 is 0 Å². The molecule has 2 aromatic carbocycles. The molecule has 1 atom stereocenters. The van der Waals surface area contributed by atoms with Crippen molar-refractivity contribution in [3.63, 3.8) is 0 Å². The second-order valence-corrected chi connectivity index (χ2v) is 7.15. The predicted octanol–water partition coefficient (Wildman–Crippen LogP) is 8.50. The average molecular weight is 477 g/mol. The molecule has 0 radical (unpaired) electrons. The van der Waals surface area contributed by atoms with E-state index in [0.29, 0.717) is 6.07 Å². The molecule has 0 N–H and O–H groups in total. The maximum absolute atomic E-state index is 14.8. The molecule has 2 aromatic rings. The monoisotopic (exact) mass is 476 g/mol. The van der Waals surface area contributed by atoms with Crippen LogP contribution in [0.1, 0.15) is 51.0 Å². The molecule has 32 heavy (non-hydrogen) atoms. The highest BCUT2D eigenvalue weighted by Gasteiger charge is 2.40. The Hall–Kier alpha value is -2.87. The van der Waals surface area contributed by atoms with Crippen LogP contribution in [0.3, 0.4) is 0 Å². The Morgan fingerprint density at radius 1 is 1.00 bits per heavy atom. The van der Waals surface area contributed by atoms with E-state index < -0.39 is 52.1 Å². The Bertz CT molecular complexity index is 1070. The lowest BCUT2D eigenvalue weighted by Crippen LogP contribution is -2.19. The maximum Gasteiger partial charge on any atom is 0.417 e. The quantitative estimate of drug-likeness (QED) is 0.302. The van der Waals surface area contributed by atoms with E-state index in [1.54, 1.807) is 0 Å². The van der Waals surface area contributed by atoms with E-state index in [2.05, 4.69) is 13.2 Å². The van der Waals surface area contributed by atoms with E-state index in [0.717, 1.165) is 31.2 Å². The highest BCUT2D eigenvalue weighted by Crippen LogP contribution is 2.41. The van der Waals surface area contributed by atoms with E-state index in [1.807, 2.05) is 0 Å². The second kappa shape index (κ2) is 9.32. The second-order valence-electron chi connectivity index (χ2n) is 6.77. The topological polar surface area (TPSA) is 17.1 Å². The third-order valence-corrected chi connectivity index (χ3v) is 5.03. The van der Waals surface area contributed by atoms with Gasteiger partial charge in [0.25, 0.3) is 0 Å². The van der Waals surface area contributed by atoms with Gasteiger partial charge < -0.3 is 0 Å². The zero-order valence-corrected chi connectivity index (χ0v) is 17.3. The third-order valence-electron chi connectivity index (χ3n) is 4.60. The molecule has 0 aliphatic rings. The van der Waals surface area contributed by atoms with Crippen molar-refractivity contribution in [1.82, 2.24) is 0 Å². The number of carbonyl (C=O) groups is 1. The number of allylic oxidation sites excluding steroid dienone is 1. The third kappa shape index (κ3) is 5.48. The van der Waals surface area contributed by atoms with Gasteiger partial charge in [0.15, 0.2) is 5.78 Å². The number of rotatable bonds is 6. The zero-order valence-electron chi connectivity index (χ0n) is 16.5. The van der Waals surface area contributed by atoms with Crippen LogP contribution in [-0.2, 0) is 6.18 Å². The van der Waals surface area contributed by atoms with Crippen molar-refractivity contribution in [3.05, 3.63) is 88.0 Å². The van der Waals surface area contributed by atoms with Crippen LogP contribution in [0.15, 0.2) is 49.6 Å². The Kier molecular flexibility index (Phi) is 7.40. The lowest BCUT2D eigenvalue weighted by Gasteiger charge is -2.20. The minimum absolute atomic E-state index is 0.0961. The van der Waals surface area contributed by atoms with Crippen LogP contribution in [0.2, 0.25) is 5.02 Å². The number of hydrogen-bond acceptors (Lipinski definition) is 1. The molecule has 0 fully saturated rings. The van der Waals surface area contributed by atoms with Gasteiger partial charge in [-0.2, -0.15) is 26.3 Å². The lowest BCUT2D eigenvalue weighted by molar-refractivity contribution is -0.140. The molecule has 9 heteroatoms. The van der Waals surface area contributed by atoms with Crippen LogP contribution in [0.4, 0.5) is 30.7 Å². The lowest BCUT2D eigenvalue weighted by atomic mass is 9.92. The van der Waals surface area contributed by atoms with Gasteiger partial charge in [-0.1, -0.05) is 49.0 Å². The van der Waals surface area contributed by atoms with Gasteiger partial charge in [0.05, 0.1) is 10.6 Å². The predicted molar refractivity (Wildman–Crippen MR) is 111 cm³/mol. The molecule has 0 spiro atoms. The summed E-state index contributed by atoms with van der Waals surface area (Å²) < 4.78 is 95.9. The minimum atomic E-state index is -5.01. The molecule has 0 heterocycles. The van der Waals surface area contributed by atoms with Crippen molar-refractivity contribution in [2.75, 3.05) is 0 Å². The summed E-state index contributed by atoms with van der Waals surface area (Å²) >= 11 is 6.05. The van der Waals surface area contributed by atoms with Crippen LogP contribution in [0, 0.1) is 0 Å². The van der Waals surface area contributed by atoms with Crippen LogP contribution in [-0.4, -0.2) is 12.0 Å². The first-order chi connectivity index (χ1) is 14.7. The summed E-state index contributed by atoms with van der Waals surface area (Å²) in [6.45, 7) is 7.83. The van der Waals surface area contributed by atoms with Crippen molar-refractivity contribution in [2.24, 2.45) is 0 Å². The smallest absolute Gasteiger partial charge is 0.294 e. The van der Waals surface area contributed by atoms with Gasteiger partial charge in [-0.05, 0) is 47.9 Å². The first-order valence-electron chi connectivity index (χ1n) is 8.95. The molecule has 0 saturated carbocycles. The van der Waals surface area contributed by atoms with E-state index in [-0.39, 0.29) is 22.2 Å². The number of Topliss-reactive ketones (excluding diaryl/α,β-unsaturated/α-hetero) is 1. The summed E-state index contributed by atoms with van der Waals surface area (Å²) in [4.78, 5) is 11.5. The van der Waals surface area contributed by atoms with E-state index in [4.69, 9.17) is 11.6 Å². The molecular formula is C23H16ClF7O. The van der Waals surface area contributed by atoms with Gasteiger partial charge in [-0.15, -0.1) is 0 Å². The molecule has 0 saturated heterocycles. The summed E-state index contributed by atoms with van der Waals surface area (Å²) in [7, 11) is 0. The van der Waals surface area contributed by atoms with Gasteiger partial charge in [-0.3, -0.25) is 4.79 Å². The molecule has 0 aliphatic carbocycles. The molecule has 0 aliphatic heterocycles. The fourth-order valence-corrected chi connectivity index (χ4v) is 3.29. The molecular weight excluding hydrogens is 461 g/mol. The van der Waals surface area contributed by atoms with Gasteiger partial charge in [0.2, 0.25) is 0 Å². The van der Waals surface area contributed by atoms with Crippen molar-refractivity contribution in [1.29, 1.82) is 0 Å². The van der Waals surface area contributed by atoms with Gasteiger partial charge >= 0.3 is 12.4 Å². The van der Waals surface area contributed by atoms with Crippen molar-refractivity contribution in [3.8, 4) is 0 Å². The molecule has 0 bridgehead atoms. The van der Waals surface area contributed by atoms with E-state index >= 15 is 0 Å². The molecule has 170 valence electrons. The average Bonchev–Trinajstić information content (AvgIpc) is 2.70. The van der Waals surface area contributed by atoms with Crippen molar-refractivity contribution >= 4 is 35.4 Å². The molecule has 0 aromatic heterocycles. The molecule has 2 rings (SSSR count). The fourth-order valence-electron chi connectivity index (χ4n) is 3.03. The normalized spacial score (nSPS) is 13.6. The van der Waals surface area contributed by atoms with Gasteiger partial charge in [0.1, 0.15) is 11.7 Å². The van der Waals surface area contributed by atoms with Crippen LogP contribution in [0.25, 0.3) is 18.0 Å². The SMILES string of the molecule is C=Cc1cc(C(/C=C(\F)c2ccc(C(C)=O)c(C(F)(F)F)c2)C(F)(F)F)cc(C=C)c1Cl. The first-order valence-corrected chi connectivity index (χ1v) is 9.33. The number of hydrogen-bond donors (Lipinski definition) is 0. The number of ketones is 1. The first kappa shape index (κ1) is 25.4. The molecule has 1 unspecified atom stereocenters. The van der Waals surface area contributed by atoms with Crippen molar-refractivity contribution in [2.45, 2.75) is 25.2 Å². The van der Waals surface area contributed by atoms with E-state index in [9.17, 15) is 35.5 Å². The Morgan fingerprint density at radius 3 is 1.94 bits per heavy atom. The van der Waals surface area contributed by atoms with Crippen LogP contribution >= 0.6 is 11.6 Å². The Labute approximate surface area is 184 Å². The highest BCUT2D eigenvalue weighted by molar-refractivity contribution is 6.33. The highest BCUT2D eigenvalue weighted by atomic mass is 35.5. The number of alkyl halides is 6. The summed E-state index contributed by atoms with van der Waals surface area (Å²) in [6, 6.07) is 3.97. The molecule has 1 nitrogen and oxygen atoms in total. The number of benzene rings is 2. The standard InChI is InChI=1S/C23H16ClF7O/c1-4-13-8-16(9-14(5-2)21(13)24)18(22(26,27)28)11-20(25)15-6-7-17(12(3)32)19(10-15)23(29,30)31/h4-11,18H,1-2H2,3H3/b20-11-.